The van der Waals surface area contributed by atoms with Gasteiger partial charge < -0.3 is 16.2 Å². The zero-order valence-corrected chi connectivity index (χ0v) is 13.8. The second-order valence-electron chi connectivity index (χ2n) is 5.58. The Labute approximate surface area is 140 Å². The summed E-state index contributed by atoms with van der Waals surface area (Å²) in [5.41, 5.74) is 12.4. The molecular formula is C14H25N5O5. The summed E-state index contributed by atoms with van der Waals surface area (Å²) in [7, 11) is 1.51. The van der Waals surface area contributed by atoms with Crippen molar-refractivity contribution in [2.24, 2.45) is 11.5 Å². The Balaban J connectivity index is 3.00. The van der Waals surface area contributed by atoms with Gasteiger partial charge in [0, 0.05) is 20.3 Å². The Morgan fingerprint density at radius 3 is 2.21 bits per heavy atom. The highest BCUT2D eigenvalue weighted by atomic mass is 16.5. The van der Waals surface area contributed by atoms with E-state index in [0.29, 0.717) is 25.9 Å². The molecule has 10 heteroatoms. The number of rotatable bonds is 7. The summed E-state index contributed by atoms with van der Waals surface area (Å²) in [5, 5.41) is 2.28. The second kappa shape index (κ2) is 9.83. The molecule has 1 fully saturated rings. The van der Waals surface area contributed by atoms with Crippen LogP contribution in [0.15, 0.2) is 0 Å². The van der Waals surface area contributed by atoms with Crippen molar-refractivity contribution >= 4 is 23.6 Å². The molecule has 0 aromatic heterocycles. The lowest BCUT2D eigenvalue weighted by Crippen LogP contribution is -2.63. The molecule has 10 nitrogen and oxygen atoms in total. The fraction of sp³-hybridized carbons (Fsp3) is 0.714. The van der Waals surface area contributed by atoms with Crippen molar-refractivity contribution in [3.05, 3.63) is 0 Å². The fourth-order valence-electron chi connectivity index (χ4n) is 2.66. The molecule has 0 saturated heterocycles. The Bertz CT molecular complexity index is 478. The number of nitrogens with zero attached hydrogens (tertiary/aromatic N) is 2. The van der Waals surface area contributed by atoms with Gasteiger partial charge >= 0.3 is 23.6 Å². The molecule has 4 amide bonds. The molecule has 0 unspecified atom stereocenters. The topological polar surface area (TPSA) is 148 Å². The fourth-order valence-corrected chi connectivity index (χ4v) is 2.66. The number of carbonyl (C=O) groups excluding carboxylic acids is 4. The minimum Gasteiger partial charge on any atom is -0.385 e. The highest BCUT2D eigenvalue weighted by Gasteiger charge is 2.34. The molecule has 1 saturated carbocycles. The van der Waals surface area contributed by atoms with Crippen LogP contribution in [0.3, 0.4) is 0 Å². The van der Waals surface area contributed by atoms with E-state index in [2.05, 4.69) is 5.43 Å². The van der Waals surface area contributed by atoms with E-state index in [0.717, 1.165) is 29.4 Å². The van der Waals surface area contributed by atoms with Gasteiger partial charge in [0.15, 0.2) is 0 Å². The Kier molecular flexibility index (Phi) is 8.13. The highest BCUT2D eigenvalue weighted by molar-refractivity contribution is 6.35. The smallest absolute Gasteiger partial charge is 0.327 e. The summed E-state index contributed by atoms with van der Waals surface area (Å²) in [5.74, 6) is -4.35. The molecule has 0 heterocycles. The number of nitrogens with two attached hydrogens (primary N) is 2. The number of hydrazine groups is 2. The SMILES string of the molecule is COCCCN(NC(=O)C(N)=O)N(C(=O)C(N)=O)C1CCCCC1. The Hall–Kier alpha value is -2.20. The van der Waals surface area contributed by atoms with Crippen LogP contribution in [-0.2, 0) is 23.9 Å². The van der Waals surface area contributed by atoms with Crippen LogP contribution in [0.2, 0.25) is 0 Å². The molecule has 0 radical (unpaired) electrons. The normalized spacial score (nSPS) is 15.1. The van der Waals surface area contributed by atoms with Gasteiger partial charge in [-0.1, -0.05) is 19.3 Å². The van der Waals surface area contributed by atoms with E-state index < -0.39 is 23.6 Å². The van der Waals surface area contributed by atoms with Gasteiger partial charge in [-0.3, -0.25) is 24.6 Å². The number of methoxy groups -OCH3 is 1. The van der Waals surface area contributed by atoms with Crippen LogP contribution in [0.4, 0.5) is 0 Å². The van der Waals surface area contributed by atoms with Crippen molar-refractivity contribution in [3.63, 3.8) is 0 Å². The largest absolute Gasteiger partial charge is 0.385 e. The standard InChI is InChI=1S/C14H25N5O5/c1-24-9-5-8-18(17-13(22)11(15)20)19(14(23)12(16)21)10-6-3-2-4-7-10/h10H,2-9H2,1H3,(H2,15,20)(H2,16,21)(H,17,22). The third-order valence-corrected chi connectivity index (χ3v) is 3.77. The lowest BCUT2D eigenvalue weighted by Gasteiger charge is -2.40. The summed E-state index contributed by atoms with van der Waals surface area (Å²) in [6.45, 7) is 0.522. The minimum absolute atomic E-state index is 0.155. The van der Waals surface area contributed by atoms with Crippen molar-refractivity contribution in [1.29, 1.82) is 0 Å². The molecule has 136 valence electrons. The van der Waals surface area contributed by atoms with Crippen LogP contribution in [0.1, 0.15) is 38.5 Å². The van der Waals surface area contributed by atoms with E-state index in [1.165, 1.54) is 7.11 Å². The van der Waals surface area contributed by atoms with Crippen LogP contribution in [0, 0.1) is 0 Å². The molecule has 0 aromatic carbocycles. The second-order valence-corrected chi connectivity index (χ2v) is 5.58. The van der Waals surface area contributed by atoms with E-state index in [-0.39, 0.29) is 12.6 Å². The molecule has 0 aliphatic heterocycles. The number of nitrogens with one attached hydrogen (secondary N) is 1. The van der Waals surface area contributed by atoms with Gasteiger partial charge in [-0.05, 0) is 19.3 Å². The summed E-state index contributed by atoms with van der Waals surface area (Å²) >= 11 is 0. The number of amides is 4. The van der Waals surface area contributed by atoms with Gasteiger partial charge in [-0.2, -0.15) is 0 Å². The van der Waals surface area contributed by atoms with Crippen molar-refractivity contribution in [2.75, 3.05) is 20.3 Å². The van der Waals surface area contributed by atoms with E-state index in [4.69, 9.17) is 16.2 Å². The van der Waals surface area contributed by atoms with Crippen LogP contribution >= 0.6 is 0 Å². The predicted molar refractivity (Wildman–Crippen MR) is 83.4 cm³/mol. The van der Waals surface area contributed by atoms with Crippen LogP contribution in [0.5, 0.6) is 0 Å². The first-order valence-corrected chi connectivity index (χ1v) is 7.88. The van der Waals surface area contributed by atoms with Crippen molar-refractivity contribution in [2.45, 2.75) is 44.6 Å². The zero-order valence-electron chi connectivity index (χ0n) is 13.8. The van der Waals surface area contributed by atoms with Crippen molar-refractivity contribution < 1.29 is 23.9 Å². The highest BCUT2D eigenvalue weighted by Crippen LogP contribution is 2.23. The summed E-state index contributed by atoms with van der Waals surface area (Å²) in [4.78, 5) is 46.4. The van der Waals surface area contributed by atoms with E-state index >= 15 is 0 Å². The number of hydrogen-bond acceptors (Lipinski definition) is 6. The molecular weight excluding hydrogens is 318 g/mol. The number of primary amides is 2. The molecule has 5 N–H and O–H groups in total. The molecule has 0 spiro atoms. The van der Waals surface area contributed by atoms with E-state index in [1.54, 1.807) is 0 Å². The van der Waals surface area contributed by atoms with Crippen LogP contribution in [-0.4, -0.2) is 60.1 Å². The predicted octanol–water partition coefficient (Wildman–Crippen LogP) is -1.60. The van der Waals surface area contributed by atoms with Gasteiger partial charge in [0.2, 0.25) is 0 Å². The molecule has 0 bridgehead atoms. The third-order valence-electron chi connectivity index (χ3n) is 3.77. The Morgan fingerprint density at radius 1 is 1.08 bits per heavy atom. The first kappa shape index (κ1) is 19.8. The first-order chi connectivity index (χ1) is 11.4. The van der Waals surface area contributed by atoms with Gasteiger partial charge in [-0.25, -0.2) is 5.01 Å². The number of hydrogen-bond donors (Lipinski definition) is 3. The van der Waals surface area contributed by atoms with E-state index in [9.17, 15) is 19.2 Å². The van der Waals surface area contributed by atoms with Crippen molar-refractivity contribution in [3.8, 4) is 0 Å². The maximum absolute atomic E-state index is 12.3. The van der Waals surface area contributed by atoms with Gasteiger partial charge in [0.25, 0.3) is 0 Å². The Morgan fingerprint density at radius 2 is 1.71 bits per heavy atom. The van der Waals surface area contributed by atoms with Crippen molar-refractivity contribution in [1.82, 2.24) is 15.6 Å². The third kappa shape index (κ3) is 5.78. The first-order valence-electron chi connectivity index (χ1n) is 7.88. The minimum atomic E-state index is -1.19. The van der Waals surface area contributed by atoms with Gasteiger partial charge in [-0.15, -0.1) is 5.12 Å². The van der Waals surface area contributed by atoms with Gasteiger partial charge in [0.05, 0.1) is 6.04 Å². The van der Waals surface area contributed by atoms with Crippen LogP contribution in [0.25, 0.3) is 0 Å². The molecule has 1 aliphatic rings. The summed E-state index contributed by atoms with van der Waals surface area (Å²) in [6, 6.07) is -0.283. The average molecular weight is 343 g/mol. The molecule has 0 atom stereocenters. The van der Waals surface area contributed by atoms with Gasteiger partial charge in [0.1, 0.15) is 0 Å². The lowest BCUT2D eigenvalue weighted by molar-refractivity contribution is -0.175. The monoisotopic (exact) mass is 343 g/mol. The average Bonchev–Trinajstić information content (AvgIpc) is 2.55. The summed E-state index contributed by atoms with van der Waals surface area (Å²) < 4.78 is 4.95. The molecule has 1 rings (SSSR count). The molecule has 24 heavy (non-hydrogen) atoms. The number of ether oxygens (including phenoxy) is 1. The maximum atomic E-state index is 12.3. The maximum Gasteiger partial charge on any atom is 0.327 e. The van der Waals surface area contributed by atoms with E-state index in [1.807, 2.05) is 0 Å². The quantitative estimate of drug-likeness (QED) is 0.288. The van der Waals surface area contributed by atoms with Crippen LogP contribution < -0.4 is 16.9 Å². The molecule has 0 aromatic rings. The molecule has 1 aliphatic carbocycles. The number of carbonyl (C=O) groups is 4. The zero-order chi connectivity index (χ0) is 18.1. The lowest BCUT2D eigenvalue weighted by atomic mass is 9.95. The summed E-state index contributed by atoms with van der Waals surface area (Å²) in [6.07, 6.45) is 4.61.